The van der Waals surface area contributed by atoms with Crippen LogP contribution in [-0.4, -0.2) is 12.3 Å². The van der Waals surface area contributed by atoms with Gasteiger partial charge in [0.15, 0.2) is 5.78 Å². The first-order valence-electron chi connectivity index (χ1n) is 6.93. The largest absolute Gasteiger partial charge is 0.312 e. The van der Waals surface area contributed by atoms with E-state index >= 15 is 0 Å². The van der Waals surface area contributed by atoms with E-state index in [1.807, 2.05) is 18.2 Å². The van der Waals surface area contributed by atoms with Crippen molar-refractivity contribution in [2.24, 2.45) is 0 Å². The highest BCUT2D eigenvalue weighted by Crippen LogP contribution is 2.21. The fourth-order valence-corrected chi connectivity index (χ4v) is 3.09. The predicted octanol–water partition coefficient (Wildman–Crippen LogP) is 3.66. The predicted molar refractivity (Wildman–Crippen MR) is 84.0 cm³/mol. The van der Waals surface area contributed by atoms with Crippen LogP contribution in [0.4, 0.5) is 4.39 Å². The molecule has 0 spiro atoms. The van der Waals surface area contributed by atoms with Gasteiger partial charge in [0.25, 0.3) is 0 Å². The molecule has 21 heavy (non-hydrogen) atoms. The number of halogens is 2. The summed E-state index contributed by atoms with van der Waals surface area (Å²) in [5.74, 6) is -0.256. The molecule has 0 saturated heterocycles. The van der Waals surface area contributed by atoms with Crippen LogP contribution in [0.1, 0.15) is 27.0 Å². The molecule has 0 radical (unpaired) electrons. The lowest BCUT2D eigenvalue weighted by molar-refractivity contribution is 0.0992. The first-order chi connectivity index (χ1) is 10.1. The standard InChI is InChI=1S/C17H15BrFNO/c18-16-9-15(19)4-3-12(16)8-17(21)13-2-1-11-5-6-20-10-14(11)7-13/h1-4,7,9,20H,5-6,8,10H2. The molecule has 0 amide bonds. The van der Waals surface area contributed by atoms with Crippen molar-refractivity contribution in [1.29, 1.82) is 0 Å². The molecule has 0 atom stereocenters. The van der Waals surface area contributed by atoms with Gasteiger partial charge in [0, 0.05) is 23.0 Å². The highest BCUT2D eigenvalue weighted by atomic mass is 79.9. The van der Waals surface area contributed by atoms with E-state index in [-0.39, 0.29) is 18.0 Å². The Morgan fingerprint density at radius 3 is 2.86 bits per heavy atom. The molecule has 1 heterocycles. The molecular weight excluding hydrogens is 333 g/mol. The van der Waals surface area contributed by atoms with Crippen molar-refractivity contribution in [1.82, 2.24) is 5.32 Å². The van der Waals surface area contributed by atoms with E-state index in [1.54, 1.807) is 6.07 Å². The van der Waals surface area contributed by atoms with Gasteiger partial charge in [0.05, 0.1) is 0 Å². The number of benzene rings is 2. The lowest BCUT2D eigenvalue weighted by atomic mass is 9.95. The van der Waals surface area contributed by atoms with E-state index < -0.39 is 0 Å². The minimum atomic E-state index is -0.307. The van der Waals surface area contributed by atoms with Gasteiger partial charge in [0.2, 0.25) is 0 Å². The quantitative estimate of drug-likeness (QED) is 0.858. The Balaban J connectivity index is 1.82. The Kier molecular flexibility index (Phi) is 4.17. The molecule has 108 valence electrons. The minimum Gasteiger partial charge on any atom is -0.312 e. The average Bonchev–Trinajstić information content (AvgIpc) is 2.49. The van der Waals surface area contributed by atoms with Crippen LogP contribution in [0.25, 0.3) is 0 Å². The molecule has 1 aliphatic heterocycles. The summed E-state index contributed by atoms with van der Waals surface area (Å²) in [5.41, 5.74) is 4.03. The molecule has 0 fully saturated rings. The van der Waals surface area contributed by atoms with Crippen LogP contribution in [0.5, 0.6) is 0 Å². The minimum absolute atomic E-state index is 0.0516. The molecule has 0 saturated carbocycles. The lowest BCUT2D eigenvalue weighted by Gasteiger charge is -2.17. The van der Waals surface area contributed by atoms with E-state index in [0.717, 1.165) is 25.1 Å². The number of hydrogen-bond acceptors (Lipinski definition) is 2. The van der Waals surface area contributed by atoms with Gasteiger partial charge in [-0.2, -0.15) is 0 Å². The van der Waals surface area contributed by atoms with Crippen LogP contribution in [0, 0.1) is 5.82 Å². The zero-order chi connectivity index (χ0) is 14.8. The Morgan fingerprint density at radius 1 is 1.19 bits per heavy atom. The molecule has 2 nitrogen and oxygen atoms in total. The second kappa shape index (κ2) is 6.08. The molecule has 2 aromatic rings. The number of hydrogen-bond donors (Lipinski definition) is 1. The van der Waals surface area contributed by atoms with E-state index in [2.05, 4.69) is 21.2 Å². The third-order valence-electron chi connectivity index (χ3n) is 3.78. The van der Waals surface area contributed by atoms with E-state index in [0.29, 0.717) is 10.0 Å². The van der Waals surface area contributed by atoms with Crippen molar-refractivity contribution in [2.75, 3.05) is 6.54 Å². The second-order valence-corrected chi connectivity index (χ2v) is 6.10. The second-order valence-electron chi connectivity index (χ2n) is 5.25. The van der Waals surface area contributed by atoms with Crippen molar-refractivity contribution < 1.29 is 9.18 Å². The molecule has 0 aliphatic carbocycles. The maximum Gasteiger partial charge on any atom is 0.167 e. The number of Topliss-reactive ketones (excluding diaryl/α,β-unsaturated/α-hetero) is 1. The van der Waals surface area contributed by atoms with E-state index in [9.17, 15) is 9.18 Å². The molecule has 0 unspecified atom stereocenters. The summed E-state index contributed by atoms with van der Waals surface area (Å²) in [7, 11) is 0. The number of carbonyl (C=O) groups is 1. The van der Waals surface area contributed by atoms with E-state index in [4.69, 9.17) is 0 Å². The fraction of sp³-hybridized carbons (Fsp3) is 0.235. The Hall–Kier alpha value is -1.52. The summed E-state index contributed by atoms with van der Waals surface area (Å²) in [5, 5.41) is 3.31. The van der Waals surface area contributed by atoms with Gasteiger partial charge in [-0.1, -0.05) is 34.1 Å². The summed E-state index contributed by atoms with van der Waals surface area (Å²) in [6.45, 7) is 1.81. The lowest BCUT2D eigenvalue weighted by Crippen LogP contribution is -2.23. The number of carbonyl (C=O) groups excluding carboxylic acids is 1. The van der Waals surface area contributed by atoms with Crippen LogP contribution in [0.2, 0.25) is 0 Å². The van der Waals surface area contributed by atoms with Gasteiger partial charge < -0.3 is 5.32 Å². The number of ketones is 1. The summed E-state index contributed by atoms with van der Waals surface area (Å²) in [4.78, 5) is 12.4. The van der Waals surface area contributed by atoms with Crippen LogP contribution in [0.15, 0.2) is 40.9 Å². The average molecular weight is 348 g/mol. The molecule has 4 heteroatoms. The van der Waals surface area contributed by atoms with Gasteiger partial charge in [-0.05, 0) is 47.9 Å². The number of nitrogens with one attached hydrogen (secondary N) is 1. The zero-order valence-corrected chi connectivity index (χ0v) is 13.0. The molecule has 0 aromatic heterocycles. The molecule has 1 aliphatic rings. The SMILES string of the molecule is O=C(Cc1ccc(F)cc1Br)c1ccc2c(c1)CNCC2. The zero-order valence-electron chi connectivity index (χ0n) is 11.5. The maximum atomic E-state index is 13.1. The van der Waals surface area contributed by atoms with Crippen LogP contribution < -0.4 is 5.32 Å². The van der Waals surface area contributed by atoms with Gasteiger partial charge in [0.1, 0.15) is 5.82 Å². The smallest absolute Gasteiger partial charge is 0.167 e. The first kappa shape index (κ1) is 14.4. The monoisotopic (exact) mass is 347 g/mol. The maximum absolute atomic E-state index is 13.1. The molecule has 1 N–H and O–H groups in total. The third-order valence-corrected chi connectivity index (χ3v) is 4.52. The van der Waals surface area contributed by atoms with Gasteiger partial charge in [-0.25, -0.2) is 4.39 Å². The van der Waals surface area contributed by atoms with Gasteiger partial charge >= 0.3 is 0 Å². The van der Waals surface area contributed by atoms with Crippen molar-refractivity contribution >= 4 is 21.7 Å². The van der Waals surface area contributed by atoms with Crippen molar-refractivity contribution in [3.05, 3.63) is 68.9 Å². The molecular formula is C17H15BrFNO. The van der Waals surface area contributed by atoms with Gasteiger partial charge in [-0.3, -0.25) is 4.79 Å². The van der Waals surface area contributed by atoms with Crippen LogP contribution >= 0.6 is 15.9 Å². The van der Waals surface area contributed by atoms with Crippen molar-refractivity contribution in [2.45, 2.75) is 19.4 Å². The summed E-state index contributed by atoms with van der Waals surface area (Å²) < 4.78 is 13.7. The molecule has 3 rings (SSSR count). The highest BCUT2D eigenvalue weighted by Gasteiger charge is 2.14. The highest BCUT2D eigenvalue weighted by molar-refractivity contribution is 9.10. The van der Waals surface area contributed by atoms with Crippen LogP contribution in [0.3, 0.4) is 0 Å². The summed E-state index contributed by atoms with van der Waals surface area (Å²) in [6, 6.07) is 10.3. The Labute approximate surface area is 131 Å². The van der Waals surface area contributed by atoms with Crippen molar-refractivity contribution in [3.63, 3.8) is 0 Å². The van der Waals surface area contributed by atoms with Gasteiger partial charge in [-0.15, -0.1) is 0 Å². The number of fused-ring (bicyclic) bond motifs is 1. The Bertz CT molecular complexity index is 699. The van der Waals surface area contributed by atoms with Crippen molar-refractivity contribution in [3.8, 4) is 0 Å². The molecule has 2 aromatic carbocycles. The summed E-state index contributed by atoms with van der Waals surface area (Å²) >= 11 is 3.31. The fourth-order valence-electron chi connectivity index (χ4n) is 2.59. The normalized spacial score (nSPS) is 13.8. The Morgan fingerprint density at radius 2 is 2.05 bits per heavy atom. The topological polar surface area (TPSA) is 29.1 Å². The molecule has 0 bridgehead atoms. The summed E-state index contributed by atoms with van der Waals surface area (Å²) in [6.07, 6.45) is 1.28. The number of rotatable bonds is 3. The first-order valence-corrected chi connectivity index (χ1v) is 7.72. The van der Waals surface area contributed by atoms with E-state index in [1.165, 1.54) is 23.3 Å². The third kappa shape index (κ3) is 3.22. The van der Waals surface area contributed by atoms with Crippen LogP contribution in [-0.2, 0) is 19.4 Å².